The lowest BCUT2D eigenvalue weighted by Crippen LogP contribution is -2.47. The second-order valence-corrected chi connectivity index (χ2v) is 6.30. The second-order valence-electron chi connectivity index (χ2n) is 6.30. The van der Waals surface area contributed by atoms with Crippen molar-refractivity contribution in [1.29, 1.82) is 0 Å². The second kappa shape index (κ2) is 5.60. The van der Waals surface area contributed by atoms with Crippen molar-refractivity contribution >= 4 is 5.91 Å². The normalized spacial score (nSPS) is 30.3. The van der Waals surface area contributed by atoms with Crippen LogP contribution in [-0.2, 0) is 4.79 Å². The number of amides is 1. The lowest BCUT2D eigenvalue weighted by atomic mass is 10.0. The Kier molecular flexibility index (Phi) is 4.31. The van der Waals surface area contributed by atoms with Gasteiger partial charge in [0.2, 0.25) is 5.91 Å². The summed E-state index contributed by atoms with van der Waals surface area (Å²) in [4.78, 5) is 14.7. The summed E-state index contributed by atoms with van der Waals surface area (Å²) >= 11 is 0. The van der Waals surface area contributed by atoms with Gasteiger partial charge in [-0.2, -0.15) is 0 Å². The van der Waals surface area contributed by atoms with Crippen molar-refractivity contribution in [2.75, 3.05) is 0 Å². The van der Waals surface area contributed by atoms with E-state index in [1.807, 2.05) is 0 Å². The fourth-order valence-electron chi connectivity index (χ4n) is 3.10. The molecule has 2 rings (SSSR count). The van der Waals surface area contributed by atoms with Gasteiger partial charge in [-0.3, -0.25) is 10.1 Å². The van der Waals surface area contributed by atoms with Crippen molar-refractivity contribution in [3.05, 3.63) is 0 Å². The van der Waals surface area contributed by atoms with Gasteiger partial charge in [0.25, 0.3) is 0 Å². The number of nitrogens with zero attached hydrogens (tertiary/aromatic N) is 1. The number of carbonyl (C=O) groups is 1. The van der Waals surface area contributed by atoms with E-state index in [4.69, 9.17) is 0 Å². The zero-order chi connectivity index (χ0) is 13.3. The molecule has 1 heterocycles. The smallest absolute Gasteiger partial charge is 0.241 e. The maximum Gasteiger partial charge on any atom is 0.241 e. The average molecular weight is 252 g/mol. The molecule has 1 saturated heterocycles. The molecule has 0 spiro atoms. The highest BCUT2D eigenvalue weighted by Gasteiger charge is 2.43. The summed E-state index contributed by atoms with van der Waals surface area (Å²) in [6, 6.07) is 0.493. The third kappa shape index (κ3) is 2.71. The standard InChI is InChI=1S/C15H28N2O/c1-5-12(9-11-7-8-11)17-14(10(3)4)16-13(6-2)15(17)18/h10-14,16H,5-9H2,1-4H3. The van der Waals surface area contributed by atoms with Crippen LogP contribution < -0.4 is 5.32 Å². The molecule has 104 valence electrons. The van der Waals surface area contributed by atoms with Crippen molar-refractivity contribution in [2.24, 2.45) is 11.8 Å². The lowest BCUT2D eigenvalue weighted by Gasteiger charge is -2.34. The van der Waals surface area contributed by atoms with Crippen molar-refractivity contribution < 1.29 is 4.79 Å². The Bertz CT molecular complexity index is 299. The minimum atomic E-state index is 0.0469. The van der Waals surface area contributed by atoms with Crippen LogP contribution in [0.1, 0.15) is 59.8 Å². The first-order valence-electron chi connectivity index (χ1n) is 7.66. The maximum atomic E-state index is 12.5. The minimum Gasteiger partial charge on any atom is -0.323 e. The number of carbonyl (C=O) groups excluding carboxylic acids is 1. The number of nitrogens with one attached hydrogen (secondary N) is 1. The van der Waals surface area contributed by atoms with E-state index < -0.39 is 0 Å². The van der Waals surface area contributed by atoms with Gasteiger partial charge in [-0.25, -0.2) is 0 Å². The van der Waals surface area contributed by atoms with Gasteiger partial charge in [0, 0.05) is 6.04 Å². The average Bonchev–Trinajstić information content (AvgIpc) is 3.09. The highest BCUT2D eigenvalue weighted by molar-refractivity contribution is 5.84. The molecule has 1 amide bonds. The molecule has 0 bridgehead atoms. The molecular weight excluding hydrogens is 224 g/mol. The summed E-state index contributed by atoms with van der Waals surface area (Å²) in [6.07, 6.45) is 6.18. The molecule has 0 radical (unpaired) electrons. The lowest BCUT2D eigenvalue weighted by molar-refractivity contribution is -0.133. The first-order chi connectivity index (χ1) is 8.58. The molecule has 3 unspecified atom stereocenters. The van der Waals surface area contributed by atoms with Crippen molar-refractivity contribution in [1.82, 2.24) is 10.2 Å². The molecule has 2 aliphatic rings. The number of hydrogen-bond donors (Lipinski definition) is 1. The molecule has 18 heavy (non-hydrogen) atoms. The molecule has 0 aromatic carbocycles. The molecule has 0 aromatic heterocycles. The van der Waals surface area contributed by atoms with Crippen LogP contribution >= 0.6 is 0 Å². The fourth-order valence-corrected chi connectivity index (χ4v) is 3.10. The van der Waals surface area contributed by atoms with Crippen LogP contribution in [-0.4, -0.2) is 29.1 Å². The largest absolute Gasteiger partial charge is 0.323 e. The molecular formula is C15H28N2O. The zero-order valence-electron chi connectivity index (χ0n) is 12.3. The van der Waals surface area contributed by atoms with Crippen molar-refractivity contribution in [2.45, 2.75) is 78.0 Å². The van der Waals surface area contributed by atoms with E-state index in [-0.39, 0.29) is 12.2 Å². The predicted octanol–water partition coefficient (Wildman–Crippen LogP) is 2.76. The predicted molar refractivity (Wildman–Crippen MR) is 74.1 cm³/mol. The van der Waals surface area contributed by atoms with Gasteiger partial charge in [0.05, 0.1) is 12.2 Å². The SMILES string of the molecule is CCC1NC(C(C)C)N(C(CC)CC2CC2)C1=O. The minimum absolute atomic E-state index is 0.0469. The van der Waals surface area contributed by atoms with E-state index in [2.05, 4.69) is 37.9 Å². The van der Waals surface area contributed by atoms with Gasteiger partial charge in [-0.05, 0) is 31.1 Å². The number of rotatable bonds is 6. The molecule has 0 aromatic rings. The van der Waals surface area contributed by atoms with E-state index in [1.54, 1.807) is 0 Å². The Morgan fingerprint density at radius 1 is 1.33 bits per heavy atom. The van der Waals surface area contributed by atoms with E-state index in [9.17, 15) is 4.79 Å². The molecule has 1 aliphatic carbocycles. The molecule has 3 heteroatoms. The molecule has 3 nitrogen and oxygen atoms in total. The summed E-state index contributed by atoms with van der Waals surface area (Å²) in [5.74, 6) is 1.71. The summed E-state index contributed by atoms with van der Waals surface area (Å²) in [5.41, 5.74) is 0. The fraction of sp³-hybridized carbons (Fsp3) is 0.933. The summed E-state index contributed by atoms with van der Waals surface area (Å²) in [5, 5.41) is 3.52. The van der Waals surface area contributed by atoms with Gasteiger partial charge in [0.1, 0.15) is 0 Å². The monoisotopic (exact) mass is 252 g/mol. The van der Waals surface area contributed by atoms with Gasteiger partial charge in [-0.1, -0.05) is 40.5 Å². The van der Waals surface area contributed by atoms with Gasteiger partial charge < -0.3 is 4.90 Å². The van der Waals surface area contributed by atoms with Crippen LogP contribution in [0.5, 0.6) is 0 Å². The third-order valence-corrected chi connectivity index (χ3v) is 4.43. The molecule has 1 saturated carbocycles. The Morgan fingerprint density at radius 3 is 2.44 bits per heavy atom. The van der Waals surface area contributed by atoms with Crippen molar-refractivity contribution in [3.63, 3.8) is 0 Å². The van der Waals surface area contributed by atoms with Crippen LogP contribution in [0.4, 0.5) is 0 Å². The van der Waals surface area contributed by atoms with E-state index in [1.165, 1.54) is 19.3 Å². The maximum absolute atomic E-state index is 12.5. The van der Waals surface area contributed by atoms with Crippen LogP contribution in [0.25, 0.3) is 0 Å². The topological polar surface area (TPSA) is 32.3 Å². The van der Waals surface area contributed by atoms with Gasteiger partial charge >= 0.3 is 0 Å². The highest BCUT2D eigenvalue weighted by atomic mass is 16.2. The first kappa shape index (κ1) is 13.9. The quantitative estimate of drug-likeness (QED) is 0.788. The molecule has 1 N–H and O–H groups in total. The van der Waals surface area contributed by atoms with Crippen LogP contribution in [0, 0.1) is 11.8 Å². The Hall–Kier alpha value is -0.570. The van der Waals surface area contributed by atoms with Crippen LogP contribution in [0.2, 0.25) is 0 Å². The van der Waals surface area contributed by atoms with E-state index in [0.717, 1.165) is 18.8 Å². The van der Waals surface area contributed by atoms with E-state index >= 15 is 0 Å². The van der Waals surface area contributed by atoms with Crippen molar-refractivity contribution in [3.8, 4) is 0 Å². The first-order valence-corrected chi connectivity index (χ1v) is 7.66. The zero-order valence-corrected chi connectivity index (χ0v) is 12.3. The van der Waals surface area contributed by atoms with E-state index in [0.29, 0.717) is 17.9 Å². The van der Waals surface area contributed by atoms with Crippen LogP contribution in [0.15, 0.2) is 0 Å². The highest BCUT2D eigenvalue weighted by Crippen LogP contribution is 2.37. The number of hydrogen-bond acceptors (Lipinski definition) is 2. The Balaban J connectivity index is 2.11. The Labute approximate surface area is 111 Å². The molecule has 1 aliphatic heterocycles. The van der Waals surface area contributed by atoms with Gasteiger partial charge in [-0.15, -0.1) is 0 Å². The summed E-state index contributed by atoms with van der Waals surface area (Å²) in [7, 11) is 0. The summed E-state index contributed by atoms with van der Waals surface area (Å²) in [6.45, 7) is 8.73. The molecule has 3 atom stereocenters. The van der Waals surface area contributed by atoms with Gasteiger partial charge in [0.15, 0.2) is 0 Å². The van der Waals surface area contributed by atoms with Crippen LogP contribution in [0.3, 0.4) is 0 Å². The Morgan fingerprint density at radius 2 is 2.00 bits per heavy atom. The third-order valence-electron chi connectivity index (χ3n) is 4.43. The molecule has 2 fully saturated rings. The summed E-state index contributed by atoms with van der Waals surface area (Å²) < 4.78 is 0.